The number of aliphatic hydroxyl groups is 1. The summed E-state index contributed by atoms with van der Waals surface area (Å²) in [6.07, 6.45) is 4.18. The van der Waals surface area contributed by atoms with Crippen molar-refractivity contribution in [2.24, 2.45) is 0 Å². The summed E-state index contributed by atoms with van der Waals surface area (Å²) in [5.41, 5.74) is 1.26. The molecule has 4 heteroatoms. The highest BCUT2D eigenvalue weighted by Gasteiger charge is 2.19. The lowest BCUT2D eigenvalue weighted by molar-refractivity contribution is 0.0113. The third kappa shape index (κ3) is 6.93. The predicted octanol–water partition coefficient (Wildman–Crippen LogP) is 2.50. The van der Waals surface area contributed by atoms with Gasteiger partial charge in [-0.25, -0.2) is 0 Å². The van der Waals surface area contributed by atoms with Crippen molar-refractivity contribution in [2.75, 3.05) is 19.8 Å². The quantitative estimate of drug-likeness (QED) is 0.616. The van der Waals surface area contributed by atoms with E-state index >= 15 is 0 Å². The van der Waals surface area contributed by atoms with Crippen LogP contribution in [0.2, 0.25) is 0 Å². The van der Waals surface area contributed by atoms with E-state index in [4.69, 9.17) is 9.47 Å². The zero-order valence-corrected chi connectivity index (χ0v) is 12.9. The van der Waals surface area contributed by atoms with Crippen LogP contribution in [-0.4, -0.2) is 37.1 Å². The van der Waals surface area contributed by atoms with Gasteiger partial charge in [0.25, 0.3) is 0 Å². The summed E-state index contributed by atoms with van der Waals surface area (Å²) >= 11 is 0. The minimum absolute atomic E-state index is 0.270. The fraction of sp³-hybridized carbons (Fsp3) is 0.647. The fourth-order valence-electron chi connectivity index (χ4n) is 1.96. The molecule has 1 aromatic rings. The molecule has 0 bridgehead atoms. The summed E-state index contributed by atoms with van der Waals surface area (Å²) in [4.78, 5) is 0. The van der Waals surface area contributed by atoms with Gasteiger partial charge < -0.3 is 19.9 Å². The molecule has 0 spiro atoms. The Kier molecular flexibility index (Phi) is 7.00. The Balaban J connectivity index is 1.60. The second kappa shape index (κ2) is 9.03. The average molecular weight is 293 g/mol. The van der Waals surface area contributed by atoms with Crippen LogP contribution in [0, 0.1) is 0 Å². The van der Waals surface area contributed by atoms with Crippen LogP contribution >= 0.6 is 0 Å². The highest BCUT2D eigenvalue weighted by molar-refractivity contribution is 5.27. The first-order valence-corrected chi connectivity index (χ1v) is 7.99. The summed E-state index contributed by atoms with van der Waals surface area (Å²) < 4.78 is 10.9. The molecule has 0 aromatic heterocycles. The van der Waals surface area contributed by atoms with Crippen molar-refractivity contribution in [1.82, 2.24) is 5.32 Å². The third-order valence-corrected chi connectivity index (χ3v) is 3.49. The second-order valence-corrected chi connectivity index (χ2v) is 5.69. The van der Waals surface area contributed by atoms with Crippen LogP contribution < -0.4 is 10.1 Å². The number of unbranched alkanes of at least 4 members (excludes halogenated alkanes) is 1. The maximum Gasteiger partial charge on any atom is 0.119 e. The summed E-state index contributed by atoms with van der Waals surface area (Å²) in [6, 6.07) is 8.76. The van der Waals surface area contributed by atoms with Gasteiger partial charge >= 0.3 is 0 Å². The highest BCUT2D eigenvalue weighted by Crippen LogP contribution is 2.20. The summed E-state index contributed by atoms with van der Waals surface area (Å²) in [7, 11) is 0. The fourth-order valence-corrected chi connectivity index (χ4v) is 1.96. The molecule has 1 aliphatic carbocycles. The number of ether oxygens (including phenoxy) is 2. The standard InChI is InChI=1S/C17H27NO3/c1-2-3-10-20-12-16(19)13-21-17-8-4-14(5-9-17)11-18-15-6-7-15/h4-5,8-9,15-16,18-19H,2-3,6-7,10-13H2,1H3. The minimum Gasteiger partial charge on any atom is -0.491 e. The van der Waals surface area contributed by atoms with Gasteiger partial charge in [0.1, 0.15) is 18.5 Å². The molecule has 118 valence electrons. The first-order valence-electron chi connectivity index (χ1n) is 7.99. The van der Waals surface area contributed by atoms with Gasteiger partial charge in [-0.15, -0.1) is 0 Å². The number of nitrogens with one attached hydrogen (secondary N) is 1. The Bertz CT molecular complexity index is 390. The van der Waals surface area contributed by atoms with E-state index < -0.39 is 6.10 Å². The van der Waals surface area contributed by atoms with Crippen LogP contribution in [0.5, 0.6) is 5.75 Å². The Morgan fingerprint density at radius 2 is 2.00 bits per heavy atom. The first kappa shape index (κ1) is 16.3. The Labute approximate surface area is 127 Å². The van der Waals surface area contributed by atoms with Crippen molar-refractivity contribution in [3.63, 3.8) is 0 Å². The van der Waals surface area contributed by atoms with Crippen LogP contribution in [0.4, 0.5) is 0 Å². The van der Waals surface area contributed by atoms with Gasteiger partial charge in [0.05, 0.1) is 6.61 Å². The third-order valence-electron chi connectivity index (χ3n) is 3.49. The molecule has 0 heterocycles. The molecule has 1 fully saturated rings. The van der Waals surface area contributed by atoms with Gasteiger partial charge in [-0.2, -0.15) is 0 Å². The van der Waals surface area contributed by atoms with E-state index in [0.29, 0.717) is 13.2 Å². The summed E-state index contributed by atoms with van der Waals surface area (Å²) in [5, 5.41) is 13.2. The Morgan fingerprint density at radius 1 is 1.24 bits per heavy atom. The van der Waals surface area contributed by atoms with Crippen molar-refractivity contribution in [3.05, 3.63) is 29.8 Å². The van der Waals surface area contributed by atoms with Gasteiger partial charge in [-0.05, 0) is 37.0 Å². The molecule has 0 aliphatic heterocycles. The summed E-state index contributed by atoms with van der Waals surface area (Å²) in [5.74, 6) is 0.790. The SMILES string of the molecule is CCCCOCC(O)COc1ccc(CNC2CC2)cc1. The Hall–Kier alpha value is -1.10. The lowest BCUT2D eigenvalue weighted by Gasteiger charge is -2.13. The summed E-state index contributed by atoms with van der Waals surface area (Å²) in [6.45, 7) is 4.34. The zero-order valence-electron chi connectivity index (χ0n) is 12.9. The average Bonchev–Trinajstić information content (AvgIpc) is 3.33. The van der Waals surface area contributed by atoms with E-state index in [1.807, 2.05) is 12.1 Å². The minimum atomic E-state index is -0.571. The molecular formula is C17H27NO3. The van der Waals surface area contributed by atoms with Crippen molar-refractivity contribution in [3.8, 4) is 5.75 Å². The van der Waals surface area contributed by atoms with Gasteiger partial charge in [0.15, 0.2) is 0 Å². The van der Waals surface area contributed by atoms with Crippen LogP contribution in [0.1, 0.15) is 38.2 Å². The zero-order chi connectivity index (χ0) is 14.9. The van der Waals surface area contributed by atoms with E-state index in [1.54, 1.807) is 0 Å². The van der Waals surface area contributed by atoms with Crippen molar-refractivity contribution >= 4 is 0 Å². The first-order chi connectivity index (χ1) is 10.3. The normalized spacial score (nSPS) is 15.9. The molecule has 0 radical (unpaired) electrons. The highest BCUT2D eigenvalue weighted by atomic mass is 16.5. The molecule has 1 saturated carbocycles. The van der Waals surface area contributed by atoms with Gasteiger partial charge in [-0.3, -0.25) is 0 Å². The number of aliphatic hydroxyl groups excluding tert-OH is 1. The molecule has 1 atom stereocenters. The van der Waals surface area contributed by atoms with Gasteiger partial charge in [-0.1, -0.05) is 25.5 Å². The molecule has 2 rings (SSSR count). The van der Waals surface area contributed by atoms with E-state index in [0.717, 1.165) is 31.2 Å². The van der Waals surface area contributed by atoms with Crippen molar-refractivity contribution < 1.29 is 14.6 Å². The van der Waals surface area contributed by atoms with Crippen LogP contribution in [0.25, 0.3) is 0 Å². The van der Waals surface area contributed by atoms with E-state index in [2.05, 4.69) is 24.4 Å². The predicted molar refractivity (Wildman–Crippen MR) is 83.5 cm³/mol. The van der Waals surface area contributed by atoms with Gasteiger partial charge in [0.2, 0.25) is 0 Å². The number of benzene rings is 1. The van der Waals surface area contributed by atoms with E-state index in [1.165, 1.54) is 18.4 Å². The number of hydrogen-bond acceptors (Lipinski definition) is 4. The van der Waals surface area contributed by atoms with Crippen molar-refractivity contribution in [1.29, 1.82) is 0 Å². The lowest BCUT2D eigenvalue weighted by atomic mass is 10.2. The molecule has 4 nitrogen and oxygen atoms in total. The monoisotopic (exact) mass is 293 g/mol. The Morgan fingerprint density at radius 3 is 2.67 bits per heavy atom. The molecule has 21 heavy (non-hydrogen) atoms. The number of rotatable bonds is 11. The maximum absolute atomic E-state index is 9.76. The van der Waals surface area contributed by atoms with E-state index in [9.17, 15) is 5.11 Å². The maximum atomic E-state index is 9.76. The van der Waals surface area contributed by atoms with Crippen LogP contribution in [-0.2, 0) is 11.3 Å². The molecule has 1 aliphatic rings. The topological polar surface area (TPSA) is 50.7 Å². The molecule has 1 aromatic carbocycles. The number of hydrogen-bond donors (Lipinski definition) is 2. The molecule has 2 N–H and O–H groups in total. The molecule has 0 saturated heterocycles. The second-order valence-electron chi connectivity index (χ2n) is 5.69. The lowest BCUT2D eigenvalue weighted by Crippen LogP contribution is -2.23. The smallest absolute Gasteiger partial charge is 0.119 e. The van der Waals surface area contributed by atoms with Crippen molar-refractivity contribution in [2.45, 2.75) is 51.3 Å². The molecule has 1 unspecified atom stereocenters. The molecule has 0 amide bonds. The van der Waals surface area contributed by atoms with Crippen LogP contribution in [0.15, 0.2) is 24.3 Å². The van der Waals surface area contributed by atoms with Gasteiger partial charge in [0, 0.05) is 19.2 Å². The molecular weight excluding hydrogens is 266 g/mol. The van der Waals surface area contributed by atoms with E-state index in [-0.39, 0.29) is 6.61 Å². The van der Waals surface area contributed by atoms with Crippen LogP contribution in [0.3, 0.4) is 0 Å². The largest absolute Gasteiger partial charge is 0.491 e.